The minimum absolute atomic E-state index is 0.202. The number of nitrogens with zero attached hydrogens (tertiary/aromatic N) is 3. The number of rotatable bonds is 5. The van der Waals surface area contributed by atoms with Crippen LogP contribution in [0, 0.1) is 0 Å². The topological polar surface area (TPSA) is 108 Å². The van der Waals surface area contributed by atoms with Gasteiger partial charge in [-0.05, 0) is 12.5 Å². The van der Waals surface area contributed by atoms with E-state index in [1.54, 1.807) is 6.20 Å². The molecular formula is C19H24N6O3. The van der Waals surface area contributed by atoms with E-state index in [2.05, 4.69) is 25.9 Å². The molecular weight excluding hydrogens is 360 g/mol. The highest BCUT2D eigenvalue weighted by Gasteiger charge is 2.30. The molecule has 148 valence electrons. The average Bonchev–Trinajstić information content (AvgIpc) is 2.70. The molecule has 9 heteroatoms. The molecule has 2 aliphatic rings. The number of hydrogen-bond donors (Lipinski definition) is 3. The Kier molecular flexibility index (Phi) is 5.36. The zero-order valence-electron chi connectivity index (χ0n) is 15.6. The average molecular weight is 384 g/mol. The van der Waals surface area contributed by atoms with Crippen LogP contribution in [-0.2, 0) is 9.59 Å². The van der Waals surface area contributed by atoms with Gasteiger partial charge in [0, 0.05) is 56.8 Å². The molecule has 2 fully saturated rings. The number of hydrogen-bond acceptors (Lipinski definition) is 7. The van der Waals surface area contributed by atoms with E-state index in [1.807, 2.05) is 18.2 Å². The minimum Gasteiger partial charge on any atom is -0.383 e. The summed E-state index contributed by atoms with van der Waals surface area (Å²) < 4.78 is 1.20. The van der Waals surface area contributed by atoms with Crippen LogP contribution >= 0.6 is 0 Å². The molecule has 3 N–H and O–H groups in total. The first kappa shape index (κ1) is 18.6. The van der Waals surface area contributed by atoms with Gasteiger partial charge in [0.15, 0.2) is 0 Å². The van der Waals surface area contributed by atoms with Gasteiger partial charge in [0.1, 0.15) is 6.04 Å². The Morgan fingerprint density at radius 1 is 1.18 bits per heavy atom. The highest BCUT2D eigenvalue weighted by atomic mass is 16.2. The largest absolute Gasteiger partial charge is 0.383 e. The molecule has 0 aliphatic carbocycles. The van der Waals surface area contributed by atoms with Crippen molar-refractivity contribution in [3.05, 3.63) is 34.7 Å². The fourth-order valence-corrected chi connectivity index (χ4v) is 3.78. The predicted molar refractivity (Wildman–Crippen MR) is 105 cm³/mol. The van der Waals surface area contributed by atoms with Gasteiger partial charge in [-0.25, -0.2) is 4.68 Å². The number of piperidine rings is 1. The predicted octanol–water partition coefficient (Wildman–Crippen LogP) is -0.309. The Hall–Kier alpha value is -2.78. The van der Waals surface area contributed by atoms with Gasteiger partial charge in [-0.1, -0.05) is 12.1 Å². The Balaban J connectivity index is 1.58. The third kappa shape index (κ3) is 3.76. The number of carbonyl (C=O) groups excluding carboxylic acids is 2. The van der Waals surface area contributed by atoms with Gasteiger partial charge in [-0.3, -0.25) is 24.6 Å². The number of fused-ring (bicyclic) bond motifs is 1. The molecule has 3 heterocycles. The van der Waals surface area contributed by atoms with Gasteiger partial charge in [0.05, 0.1) is 11.6 Å². The van der Waals surface area contributed by atoms with Crippen LogP contribution in [0.5, 0.6) is 0 Å². The molecule has 2 aromatic rings. The van der Waals surface area contributed by atoms with Crippen molar-refractivity contribution >= 4 is 28.3 Å². The van der Waals surface area contributed by atoms with Crippen molar-refractivity contribution in [1.29, 1.82) is 0 Å². The molecule has 9 nitrogen and oxygen atoms in total. The summed E-state index contributed by atoms with van der Waals surface area (Å²) in [6.45, 7) is 5.64. The number of carbonyl (C=O) groups is 2. The summed E-state index contributed by atoms with van der Waals surface area (Å²) in [5, 5.41) is 14.4. The van der Waals surface area contributed by atoms with E-state index in [9.17, 15) is 14.4 Å². The normalized spacial score (nSPS) is 20.9. The Morgan fingerprint density at radius 2 is 2.00 bits per heavy atom. The van der Waals surface area contributed by atoms with E-state index in [0.717, 1.165) is 50.3 Å². The molecule has 0 bridgehead atoms. The highest BCUT2D eigenvalue weighted by Crippen LogP contribution is 2.21. The fraction of sp³-hybridized carbons (Fsp3) is 0.474. The summed E-state index contributed by atoms with van der Waals surface area (Å²) in [5.41, 5.74) is 0.415. The quantitative estimate of drug-likeness (QED) is 0.607. The van der Waals surface area contributed by atoms with Crippen LogP contribution in [0.15, 0.2) is 29.2 Å². The lowest BCUT2D eigenvalue weighted by molar-refractivity contribution is -0.136. The molecule has 1 unspecified atom stereocenters. The Bertz CT molecular complexity index is 950. The van der Waals surface area contributed by atoms with Crippen LogP contribution in [0.1, 0.15) is 18.9 Å². The maximum Gasteiger partial charge on any atom is 0.277 e. The number of aromatic nitrogens is 2. The second-order valence-corrected chi connectivity index (χ2v) is 7.15. The first-order valence-corrected chi connectivity index (χ1v) is 9.64. The lowest BCUT2D eigenvalue weighted by atomic mass is 10.1. The lowest BCUT2D eigenvalue weighted by Gasteiger charge is -2.27. The van der Waals surface area contributed by atoms with E-state index < -0.39 is 11.9 Å². The lowest BCUT2D eigenvalue weighted by Crippen LogP contribution is -2.45. The summed E-state index contributed by atoms with van der Waals surface area (Å²) >= 11 is 0. The van der Waals surface area contributed by atoms with E-state index in [0.29, 0.717) is 5.39 Å². The summed E-state index contributed by atoms with van der Waals surface area (Å²) in [6, 6.07) is 4.83. The van der Waals surface area contributed by atoms with Gasteiger partial charge in [-0.15, -0.1) is 0 Å². The highest BCUT2D eigenvalue weighted by molar-refractivity contribution is 5.99. The molecule has 2 aliphatic heterocycles. The van der Waals surface area contributed by atoms with E-state index in [4.69, 9.17) is 0 Å². The van der Waals surface area contributed by atoms with Crippen LogP contribution in [-0.4, -0.2) is 65.8 Å². The third-order valence-electron chi connectivity index (χ3n) is 5.30. The van der Waals surface area contributed by atoms with Crippen molar-refractivity contribution in [2.75, 3.05) is 44.6 Å². The van der Waals surface area contributed by atoms with Crippen molar-refractivity contribution < 1.29 is 9.59 Å². The first-order chi connectivity index (χ1) is 13.6. The number of anilines is 1. The van der Waals surface area contributed by atoms with Crippen LogP contribution in [0.2, 0.25) is 0 Å². The molecule has 28 heavy (non-hydrogen) atoms. The fourth-order valence-electron chi connectivity index (χ4n) is 3.78. The molecule has 1 atom stereocenters. The van der Waals surface area contributed by atoms with Gasteiger partial charge in [0.2, 0.25) is 5.91 Å². The van der Waals surface area contributed by atoms with Crippen LogP contribution < -0.4 is 21.5 Å². The van der Waals surface area contributed by atoms with Gasteiger partial charge >= 0.3 is 0 Å². The van der Waals surface area contributed by atoms with Crippen LogP contribution in [0.3, 0.4) is 0 Å². The van der Waals surface area contributed by atoms with E-state index in [1.165, 1.54) is 4.68 Å². The molecule has 1 aromatic heterocycles. The number of imide groups is 1. The number of piperazine rings is 1. The second-order valence-electron chi connectivity index (χ2n) is 7.15. The second kappa shape index (κ2) is 8.07. The van der Waals surface area contributed by atoms with Crippen molar-refractivity contribution in [2.45, 2.75) is 18.9 Å². The number of nitrogens with one attached hydrogen (secondary N) is 3. The zero-order chi connectivity index (χ0) is 19.5. The smallest absolute Gasteiger partial charge is 0.277 e. The maximum atomic E-state index is 13.1. The minimum atomic E-state index is -0.761. The standard InChI is InChI=1S/C19H24N6O3/c26-16-5-4-15(18(27)23-16)25-19(28)17-13(12-22-25)2-1-3-14(17)21-8-11-24-9-6-20-7-10-24/h1-3,12,15,20-21H,4-11H2,(H,23,26,27). The molecule has 1 aromatic carbocycles. The van der Waals surface area contributed by atoms with Gasteiger partial charge in [-0.2, -0.15) is 5.10 Å². The Labute approximate surface area is 162 Å². The summed E-state index contributed by atoms with van der Waals surface area (Å²) in [7, 11) is 0. The zero-order valence-corrected chi connectivity index (χ0v) is 15.6. The SMILES string of the molecule is O=C1CCC(n2ncc3cccc(NCCN4CCNCC4)c3c2=O)C(=O)N1. The van der Waals surface area contributed by atoms with Crippen molar-refractivity contribution in [3.63, 3.8) is 0 Å². The summed E-state index contributed by atoms with van der Waals surface area (Å²) in [5.74, 6) is -0.792. The van der Waals surface area contributed by atoms with Crippen LogP contribution in [0.25, 0.3) is 10.8 Å². The molecule has 4 rings (SSSR count). The molecule has 0 spiro atoms. The third-order valence-corrected chi connectivity index (χ3v) is 5.30. The first-order valence-electron chi connectivity index (χ1n) is 9.64. The molecule has 2 amide bonds. The molecule has 0 saturated carbocycles. The van der Waals surface area contributed by atoms with E-state index >= 15 is 0 Å². The van der Waals surface area contributed by atoms with Gasteiger partial charge in [0.25, 0.3) is 11.5 Å². The Morgan fingerprint density at radius 3 is 2.79 bits per heavy atom. The van der Waals surface area contributed by atoms with Gasteiger partial charge < -0.3 is 10.6 Å². The van der Waals surface area contributed by atoms with Crippen LogP contribution in [0.4, 0.5) is 5.69 Å². The maximum absolute atomic E-state index is 13.1. The number of amides is 2. The van der Waals surface area contributed by atoms with Crippen molar-refractivity contribution in [1.82, 2.24) is 25.3 Å². The van der Waals surface area contributed by atoms with Crippen molar-refractivity contribution in [3.8, 4) is 0 Å². The van der Waals surface area contributed by atoms with Crippen molar-refractivity contribution in [2.24, 2.45) is 0 Å². The molecule has 0 radical (unpaired) electrons. The monoisotopic (exact) mass is 384 g/mol. The summed E-state index contributed by atoms with van der Waals surface area (Å²) in [6.07, 6.45) is 2.08. The summed E-state index contributed by atoms with van der Waals surface area (Å²) in [4.78, 5) is 39.1. The number of benzene rings is 1. The van der Waals surface area contributed by atoms with E-state index in [-0.39, 0.29) is 24.3 Å². The molecule has 2 saturated heterocycles.